The van der Waals surface area contributed by atoms with Crippen molar-refractivity contribution in [2.45, 2.75) is 24.0 Å². The van der Waals surface area contributed by atoms with E-state index in [1.807, 2.05) is 4.72 Å². The van der Waals surface area contributed by atoms with Crippen LogP contribution in [0.5, 0.6) is 5.75 Å². The fraction of sp³-hybridized carbons (Fsp3) is 0.364. The predicted molar refractivity (Wildman–Crippen MR) is 66.4 cm³/mol. The summed E-state index contributed by atoms with van der Waals surface area (Å²) in [4.78, 5) is 10.7. The van der Waals surface area contributed by atoms with Crippen LogP contribution in [0.1, 0.15) is 6.92 Å². The number of methoxy groups -OCH3 is 1. The number of hydrogen-bond acceptors (Lipinski definition) is 5. The molecule has 0 aliphatic carbocycles. The second kappa shape index (κ2) is 6.00. The first kappa shape index (κ1) is 15.4. The number of carbonyl (C=O) groups is 1. The van der Waals surface area contributed by atoms with Crippen molar-refractivity contribution in [1.29, 1.82) is 0 Å². The Bertz CT molecular complexity index is 554. The molecular weight excluding hydrogens is 274 g/mol. The van der Waals surface area contributed by atoms with Crippen molar-refractivity contribution < 1.29 is 28.2 Å². The molecule has 0 aliphatic rings. The van der Waals surface area contributed by atoms with Crippen LogP contribution in [-0.2, 0) is 14.8 Å². The van der Waals surface area contributed by atoms with Gasteiger partial charge in [0.25, 0.3) is 0 Å². The zero-order chi connectivity index (χ0) is 14.6. The van der Waals surface area contributed by atoms with Gasteiger partial charge >= 0.3 is 5.97 Å². The van der Waals surface area contributed by atoms with E-state index in [0.29, 0.717) is 0 Å². The van der Waals surface area contributed by atoms with Crippen molar-refractivity contribution >= 4 is 16.0 Å². The van der Waals surface area contributed by atoms with E-state index in [1.165, 1.54) is 32.2 Å². The Morgan fingerprint density at radius 1 is 1.37 bits per heavy atom. The minimum Gasteiger partial charge on any atom is -0.495 e. The Hall–Kier alpha value is -1.64. The Balaban J connectivity index is 3.14. The zero-order valence-corrected chi connectivity index (χ0v) is 11.2. The zero-order valence-electron chi connectivity index (χ0n) is 10.4. The number of aliphatic hydroxyl groups excluding tert-OH is 1. The Labute approximate surface area is 110 Å². The molecule has 0 aliphatic heterocycles. The third-order valence-electron chi connectivity index (χ3n) is 2.39. The first-order valence-corrected chi connectivity index (χ1v) is 6.84. The van der Waals surface area contributed by atoms with E-state index in [1.54, 1.807) is 6.07 Å². The van der Waals surface area contributed by atoms with Crippen molar-refractivity contribution in [1.82, 2.24) is 4.72 Å². The average Bonchev–Trinajstić information content (AvgIpc) is 2.35. The highest BCUT2D eigenvalue weighted by Crippen LogP contribution is 2.22. The molecule has 0 heterocycles. The summed E-state index contributed by atoms with van der Waals surface area (Å²) in [7, 11) is -2.80. The summed E-state index contributed by atoms with van der Waals surface area (Å²) in [6.07, 6.45) is -1.37. The molecule has 1 aromatic carbocycles. The van der Waals surface area contributed by atoms with Crippen molar-refractivity contribution in [3.05, 3.63) is 24.3 Å². The normalized spacial score (nSPS) is 14.7. The summed E-state index contributed by atoms with van der Waals surface area (Å²) < 4.78 is 31.0. The summed E-state index contributed by atoms with van der Waals surface area (Å²) in [5.41, 5.74) is 0. The first-order valence-electron chi connectivity index (χ1n) is 5.36. The summed E-state index contributed by atoms with van der Waals surface area (Å²) in [5, 5.41) is 18.1. The lowest BCUT2D eigenvalue weighted by Crippen LogP contribution is -2.47. The summed E-state index contributed by atoms with van der Waals surface area (Å²) in [6, 6.07) is 4.15. The smallest absolute Gasteiger partial charge is 0.324 e. The molecule has 0 saturated carbocycles. The van der Waals surface area contributed by atoms with Gasteiger partial charge < -0.3 is 14.9 Å². The second-order valence-electron chi connectivity index (χ2n) is 3.83. The molecule has 0 fully saturated rings. The molecule has 0 radical (unpaired) electrons. The molecule has 0 amide bonds. The average molecular weight is 289 g/mol. The van der Waals surface area contributed by atoms with Crippen molar-refractivity contribution in [2.75, 3.05) is 7.11 Å². The lowest BCUT2D eigenvalue weighted by atomic mass is 10.2. The number of para-hydroxylation sites is 1. The van der Waals surface area contributed by atoms with Gasteiger partial charge in [0.15, 0.2) is 0 Å². The highest BCUT2D eigenvalue weighted by Gasteiger charge is 2.30. The quantitative estimate of drug-likeness (QED) is 0.669. The Morgan fingerprint density at radius 3 is 2.42 bits per heavy atom. The van der Waals surface area contributed by atoms with Crippen LogP contribution >= 0.6 is 0 Å². The van der Waals surface area contributed by atoms with Gasteiger partial charge in [0.2, 0.25) is 10.0 Å². The molecule has 0 spiro atoms. The lowest BCUT2D eigenvalue weighted by molar-refractivity contribution is -0.141. The molecule has 2 atom stereocenters. The number of hydrogen-bond donors (Lipinski definition) is 3. The largest absolute Gasteiger partial charge is 0.495 e. The van der Waals surface area contributed by atoms with Crippen LogP contribution in [-0.4, -0.2) is 43.9 Å². The minimum atomic E-state index is -4.11. The maximum Gasteiger partial charge on any atom is 0.324 e. The molecule has 7 nitrogen and oxygen atoms in total. The van der Waals surface area contributed by atoms with Gasteiger partial charge in [0.05, 0.1) is 13.2 Å². The molecule has 0 bridgehead atoms. The monoisotopic (exact) mass is 289 g/mol. The number of sulfonamides is 1. The summed E-state index contributed by atoms with van der Waals surface area (Å²) in [6.45, 7) is 1.18. The SMILES string of the molecule is COc1ccccc1S(=O)(=O)NC(C(=O)O)C(C)O. The number of ether oxygens (including phenoxy) is 1. The van der Waals surface area contributed by atoms with Crippen LogP contribution in [0, 0.1) is 0 Å². The maximum absolute atomic E-state index is 12.1. The molecular formula is C11H15NO6S. The van der Waals surface area contributed by atoms with E-state index < -0.39 is 28.1 Å². The molecule has 3 N–H and O–H groups in total. The highest BCUT2D eigenvalue weighted by atomic mass is 32.2. The number of nitrogens with one attached hydrogen (secondary N) is 1. The van der Waals surface area contributed by atoms with Gasteiger partial charge in [-0.15, -0.1) is 0 Å². The maximum atomic E-state index is 12.1. The molecule has 19 heavy (non-hydrogen) atoms. The van der Waals surface area contributed by atoms with Crippen molar-refractivity contribution in [3.8, 4) is 5.75 Å². The first-order chi connectivity index (χ1) is 8.79. The predicted octanol–water partition coefficient (Wildman–Crippen LogP) is -0.192. The van der Waals surface area contributed by atoms with Gasteiger partial charge in [-0.05, 0) is 19.1 Å². The van der Waals surface area contributed by atoms with Crippen LogP contribution < -0.4 is 9.46 Å². The highest BCUT2D eigenvalue weighted by molar-refractivity contribution is 7.89. The van der Waals surface area contributed by atoms with E-state index in [9.17, 15) is 18.3 Å². The van der Waals surface area contributed by atoms with E-state index in [4.69, 9.17) is 9.84 Å². The van der Waals surface area contributed by atoms with Crippen molar-refractivity contribution in [2.24, 2.45) is 0 Å². The van der Waals surface area contributed by atoms with Gasteiger partial charge in [-0.1, -0.05) is 12.1 Å². The number of benzene rings is 1. The Kier molecular flexibility index (Phi) is 4.87. The van der Waals surface area contributed by atoms with Crippen LogP contribution in [0.4, 0.5) is 0 Å². The van der Waals surface area contributed by atoms with E-state index >= 15 is 0 Å². The van der Waals surface area contributed by atoms with E-state index in [2.05, 4.69) is 0 Å². The van der Waals surface area contributed by atoms with E-state index in [0.717, 1.165) is 0 Å². The molecule has 1 aromatic rings. The summed E-state index contributed by atoms with van der Waals surface area (Å²) in [5.74, 6) is -1.38. The second-order valence-corrected chi connectivity index (χ2v) is 5.51. The molecule has 2 unspecified atom stereocenters. The van der Waals surface area contributed by atoms with Crippen LogP contribution in [0.3, 0.4) is 0 Å². The molecule has 106 valence electrons. The minimum absolute atomic E-state index is 0.0877. The van der Waals surface area contributed by atoms with Gasteiger partial charge in [-0.2, -0.15) is 4.72 Å². The third-order valence-corrected chi connectivity index (χ3v) is 3.87. The van der Waals surface area contributed by atoms with Crippen LogP contribution in [0.2, 0.25) is 0 Å². The fourth-order valence-electron chi connectivity index (χ4n) is 1.43. The van der Waals surface area contributed by atoms with Gasteiger partial charge in [0, 0.05) is 0 Å². The molecule has 8 heteroatoms. The topological polar surface area (TPSA) is 113 Å². The lowest BCUT2D eigenvalue weighted by Gasteiger charge is -2.18. The third kappa shape index (κ3) is 3.66. The van der Waals surface area contributed by atoms with Crippen molar-refractivity contribution in [3.63, 3.8) is 0 Å². The van der Waals surface area contributed by atoms with Gasteiger partial charge in [0.1, 0.15) is 16.7 Å². The molecule has 0 aromatic heterocycles. The summed E-state index contributed by atoms with van der Waals surface area (Å²) >= 11 is 0. The number of rotatable bonds is 6. The number of aliphatic hydroxyl groups is 1. The number of carboxylic acids is 1. The number of aliphatic carboxylic acids is 1. The fourth-order valence-corrected chi connectivity index (χ4v) is 2.86. The van der Waals surface area contributed by atoms with E-state index in [-0.39, 0.29) is 10.6 Å². The standard InChI is InChI=1S/C11H15NO6S/c1-7(13)10(11(14)15)12-19(16,17)9-6-4-3-5-8(9)18-2/h3-7,10,12-13H,1-2H3,(H,14,15). The Morgan fingerprint density at radius 2 is 1.95 bits per heavy atom. The molecule has 0 saturated heterocycles. The van der Waals surface area contributed by atoms with Crippen LogP contribution in [0.15, 0.2) is 29.2 Å². The number of carboxylic acid groups (broad SMARTS) is 1. The van der Waals surface area contributed by atoms with Gasteiger partial charge in [-0.25, -0.2) is 8.42 Å². The van der Waals surface area contributed by atoms with Gasteiger partial charge in [-0.3, -0.25) is 4.79 Å². The molecule has 1 rings (SSSR count). The van der Waals surface area contributed by atoms with Crippen LogP contribution in [0.25, 0.3) is 0 Å².